The predicted molar refractivity (Wildman–Crippen MR) is 80.4 cm³/mol. The zero-order valence-electron chi connectivity index (χ0n) is 11.6. The Labute approximate surface area is 130 Å². The fourth-order valence-electron chi connectivity index (χ4n) is 2.68. The lowest BCUT2D eigenvalue weighted by Crippen LogP contribution is -2.48. The first-order chi connectivity index (χ1) is 9.89. The molecule has 2 heterocycles. The molecule has 1 aliphatic rings. The molecule has 1 aliphatic heterocycles. The fraction of sp³-hybridized carbons (Fsp3) is 0.538. The molecule has 21 heavy (non-hydrogen) atoms. The van der Waals surface area contributed by atoms with Crippen molar-refractivity contribution in [2.45, 2.75) is 26.2 Å². The number of carboxylic acids is 1. The summed E-state index contributed by atoms with van der Waals surface area (Å²) in [5, 5.41) is 20.2. The molecule has 7 nitrogen and oxygen atoms in total. The maximum atomic E-state index is 11.6. The molecule has 1 saturated heterocycles. The number of hydrogen-bond acceptors (Lipinski definition) is 5. The topological polar surface area (TPSA) is 96.6 Å². The van der Waals surface area contributed by atoms with E-state index in [1.54, 1.807) is 0 Å². The molecular formula is C13H16BrN3O4. The van der Waals surface area contributed by atoms with Crippen molar-refractivity contribution in [3.63, 3.8) is 0 Å². The number of hydrogen-bond donors (Lipinski definition) is 1. The summed E-state index contributed by atoms with van der Waals surface area (Å²) in [5.74, 6) is -0.243. The van der Waals surface area contributed by atoms with E-state index in [1.807, 2.05) is 11.8 Å². The maximum absolute atomic E-state index is 11.6. The third-order valence-electron chi connectivity index (χ3n) is 4.03. The van der Waals surface area contributed by atoms with Crippen LogP contribution in [0.5, 0.6) is 0 Å². The van der Waals surface area contributed by atoms with Crippen LogP contribution in [0, 0.1) is 15.5 Å². The van der Waals surface area contributed by atoms with Crippen LogP contribution in [0.2, 0.25) is 0 Å². The molecule has 1 aromatic heterocycles. The number of rotatable bonds is 4. The van der Waals surface area contributed by atoms with Gasteiger partial charge in [0.25, 0.3) is 5.69 Å². The SMILES string of the molecule is CCC1(C(=O)O)CCCN(c2ncc([N+](=O)[O-])cc2Br)C1. The Morgan fingerprint density at radius 1 is 1.67 bits per heavy atom. The van der Waals surface area contributed by atoms with Gasteiger partial charge in [-0.15, -0.1) is 0 Å². The number of nitro groups is 1. The van der Waals surface area contributed by atoms with E-state index in [0.29, 0.717) is 36.2 Å². The first-order valence-electron chi connectivity index (χ1n) is 6.68. The average molecular weight is 358 g/mol. The van der Waals surface area contributed by atoms with Crippen molar-refractivity contribution in [2.75, 3.05) is 18.0 Å². The van der Waals surface area contributed by atoms with Gasteiger partial charge in [-0.3, -0.25) is 14.9 Å². The van der Waals surface area contributed by atoms with Crippen molar-refractivity contribution in [1.82, 2.24) is 4.98 Å². The van der Waals surface area contributed by atoms with Gasteiger partial charge in [-0.05, 0) is 35.2 Å². The molecule has 0 saturated carbocycles. The van der Waals surface area contributed by atoms with E-state index in [9.17, 15) is 20.0 Å². The second-order valence-electron chi connectivity index (χ2n) is 5.22. The number of carbonyl (C=O) groups is 1. The van der Waals surface area contributed by atoms with Crippen LogP contribution in [0.3, 0.4) is 0 Å². The Kier molecular flexibility index (Phi) is 4.46. The number of aromatic nitrogens is 1. The number of aliphatic carboxylic acids is 1. The lowest BCUT2D eigenvalue weighted by molar-refractivity contribution is -0.385. The molecule has 1 aromatic rings. The van der Waals surface area contributed by atoms with Crippen LogP contribution in [-0.2, 0) is 4.79 Å². The van der Waals surface area contributed by atoms with Gasteiger partial charge in [-0.1, -0.05) is 6.92 Å². The molecule has 0 bridgehead atoms. The van der Waals surface area contributed by atoms with Crippen molar-refractivity contribution in [3.8, 4) is 0 Å². The highest BCUT2D eigenvalue weighted by molar-refractivity contribution is 9.10. The molecular weight excluding hydrogens is 342 g/mol. The highest BCUT2D eigenvalue weighted by Crippen LogP contribution is 2.37. The van der Waals surface area contributed by atoms with Crippen LogP contribution >= 0.6 is 15.9 Å². The normalized spacial score (nSPS) is 22.1. The van der Waals surface area contributed by atoms with Crippen LogP contribution in [0.15, 0.2) is 16.7 Å². The minimum absolute atomic E-state index is 0.0948. The smallest absolute Gasteiger partial charge is 0.311 e. The van der Waals surface area contributed by atoms with Crippen molar-refractivity contribution in [1.29, 1.82) is 0 Å². The number of nitrogens with zero attached hydrogens (tertiary/aromatic N) is 3. The zero-order valence-corrected chi connectivity index (χ0v) is 13.2. The largest absolute Gasteiger partial charge is 0.481 e. The number of pyridine rings is 1. The van der Waals surface area contributed by atoms with Crippen molar-refractivity contribution < 1.29 is 14.8 Å². The molecule has 1 atom stereocenters. The van der Waals surface area contributed by atoms with Crippen molar-refractivity contribution in [3.05, 3.63) is 26.9 Å². The lowest BCUT2D eigenvalue weighted by atomic mass is 9.77. The van der Waals surface area contributed by atoms with E-state index in [4.69, 9.17) is 0 Å². The van der Waals surface area contributed by atoms with E-state index >= 15 is 0 Å². The fourth-order valence-corrected chi connectivity index (χ4v) is 3.27. The summed E-state index contributed by atoms with van der Waals surface area (Å²) in [7, 11) is 0. The third kappa shape index (κ3) is 2.99. The number of carboxylic acid groups (broad SMARTS) is 1. The Bertz CT molecular complexity index is 581. The van der Waals surface area contributed by atoms with Crippen LogP contribution in [0.25, 0.3) is 0 Å². The number of piperidine rings is 1. The van der Waals surface area contributed by atoms with Gasteiger partial charge < -0.3 is 10.0 Å². The van der Waals surface area contributed by atoms with Gasteiger partial charge in [0.05, 0.1) is 14.8 Å². The lowest BCUT2D eigenvalue weighted by Gasteiger charge is -2.40. The molecule has 0 spiro atoms. The van der Waals surface area contributed by atoms with Gasteiger partial charge in [0.15, 0.2) is 0 Å². The van der Waals surface area contributed by atoms with Gasteiger partial charge in [-0.25, -0.2) is 4.98 Å². The second-order valence-corrected chi connectivity index (χ2v) is 6.07. The predicted octanol–water partition coefficient (Wildman–Crippen LogP) is 2.83. The molecule has 0 aromatic carbocycles. The minimum atomic E-state index is -0.798. The zero-order chi connectivity index (χ0) is 15.6. The summed E-state index contributed by atoms with van der Waals surface area (Å²) < 4.78 is 0.508. The molecule has 0 amide bonds. The Balaban J connectivity index is 2.30. The Morgan fingerprint density at radius 2 is 2.38 bits per heavy atom. The molecule has 8 heteroatoms. The summed E-state index contributed by atoms with van der Waals surface area (Å²) in [4.78, 5) is 27.8. The maximum Gasteiger partial charge on any atom is 0.311 e. The molecule has 0 aliphatic carbocycles. The van der Waals surface area contributed by atoms with Gasteiger partial charge in [0.1, 0.15) is 12.0 Å². The second kappa shape index (κ2) is 5.97. The van der Waals surface area contributed by atoms with Gasteiger partial charge in [0.2, 0.25) is 0 Å². The van der Waals surface area contributed by atoms with Crippen molar-refractivity contribution >= 4 is 33.4 Å². The average Bonchev–Trinajstić information content (AvgIpc) is 2.46. The quantitative estimate of drug-likeness (QED) is 0.657. The van der Waals surface area contributed by atoms with E-state index in [-0.39, 0.29) is 5.69 Å². The summed E-state index contributed by atoms with van der Waals surface area (Å²) in [6, 6.07) is 1.39. The highest BCUT2D eigenvalue weighted by atomic mass is 79.9. The van der Waals surface area contributed by atoms with Gasteiger partial charge >= 0.3 is 5.97 Å². The highest BCUT2D eigenvalue weighted by Gasteiger charge is 2.41. The molecule has 1 N–H and O–H groups in total. The first-order valence-corrected chi connectivity index (χ1v) is 7.47. The standard InChI is InChI=1S/C13H16BrN3O4/c1-2-13(12(18)19)4-3-5-16(8-13)11-10(14)6-9(7-15-11)17(20)21/h6-7H,2-5,8H2,1H3,(H,18,19). The van der Waals surface area contributed by atoms with Gasteiger partial charge in [0, 0.05) is 19.2 Å². The molecule has 114 valence electrons. The minimum Gasteiger partial charge on any atom is -0.481 e. The van der Waals surface area contributed by atoms with E-state index in [0.717, 1.165) is 6.42 Å². The van der Waals surface area contributed by atoms with E-state index < -0.39 is 16.3 Å². The number of anilines is 1. The van der Waals surface area contributed by atoms with E-state index in [1.165, 1.54) is 12.3 Å². The summed E-state index contributed by atoms with van der Waals surface area (Å²) in [6.45, 7) is 2.93. The van der Waals surface area contributed by atoms with Crippen molar-refractivity contribution in [2.24, 2.45) is 5.41 Å². The van der Waals surface area contributed by atoms with Crippen LogP contribution in [-0.4, -0.2) is 34.1 Å². The Hall–Kier alpha value is -1.70. The molecule has 2 rings (SSSR count). The first kappa shape index (κ1) is 15.7. The van der Waals surface area contributed by atoms with Crippen LogP contribution in [0.4, 0.5) is 11.5 Å². The molecule has 1 unspecified atom stereocenters. The van der Waals surface area contributed by atoms with Gasteiger partial charge in [-0.2, -0.15) is 0 Å². The number of halogens is 1. The monoisotopic (exact) mass is 357 g/mol. The summed E-state index contributed by atoms with van der Waals surface area (Å²) in [5.41, 5.74) is -0.871. The summed E-state index contributed by atoms with van der Waals surface area (Å²) in [6.07, 6.45) is 3.14. The third-order valence-corrected chi connectivity index (χ3v) is 4.61. The van der Waals surface area contributed by atoms with E-state index in [2.05, 4.69) is 20.9 Å². The summed E-state index contributed by atoms with van der Waals surface area (Å²) >= 11 is 3.29. The van der Waals surface area contributed by atoms with Crippen LogP contribution < -0.4 is 4.90 Å². The van der Waals surface area contributed by atoms with Crippen LogP contribution in [0.1, 0.15) is 26.2 Å². The molecule has 0 radical (unpaired) electrons. The Morgan fingerprint density at radius 3 is 2.90 bits per heavy atom. The molecule has 1 fully saturated rings.